The molecule has 0 aliphatic carbocycles. The lowest BCUT2D eigenvalue weighted by molar-refractivity contribution is 0.0697. The number of carboxylic acids is 1. The first-order chi connectivity index (χ1) is 18.8. The number of hydrogen-bond acceptors (Lipinski definition) is 5. The normalized spacial score (nSPS) is 12.2. The summed E-state index contributed by atoms with van der Waals surface area (Å²) in [6, 6.07) is 25.6. The zero-order valence-corrected chi connectivity index (χ0v) is 22.1. The molecular weight excluding hydrogens is 536 g/mol. The number of pyridine rings is 1. The van der Waals surface area contributed by atoms with Gasteiger partial charge in [-0.15, -0.1) is 6.58 Å². The van der Waals surface area contributed by atoms with Gasteiger partial charge in [0.05, 0.1) is 11.1 Å². The lowest BCUT2D eigenvalue weighted by Crippen LogP contribution is -2.22. The molecule has 2 heterocycles. The number of hydrogen-bond donors (Lipinski definition) is 1. The maximum Gasteiger partial charge on any atom is 0.335 e. The number of benzene rings is 3. The minimum absolute atomic E-state index is 0.151. The minimum Gasteiger partial charge on any atom is -0.478 e. The second-order valence-electron chi connectivity index (χ2n) is 8.83. The minimum atomic E-state index is -4.06. The molecule has 1 atom stereocenters. The first-order valence-corrected chi connectivity index (χ1v) is 13.8. The van der Waals surface area contributed by atoms with Crippen molar-refractivity contribution in [1.29, 1.82) is 0 Å². The monoisotopic (exact) mass is 558 g/mol. The number of halogens is 1. The van der Waals surface area contributed by atoms with Crippen molar-refractivity contribution in [1.82, 2.24) is 8.96 Å². The van der Waals surface area contributed by atoms with Crippen molar-refractivity contribution in [3.05, 3.63) is 137 Å². The summed E-state index contributed by atoms with van der Waals surface area (Å²) in [7, 11) is -4.06. The molecule has 2 aromatic heterocycles. The molecular formula is C30H23ClN2O5S. The van der Waals surface area contributed by atoms with E-state index in [0.29, 0.717) is 38.8 Å². The first kappa shape index (κ1) is 26.2. The third-order valence-electron chi connectivity index (χ3n) is 6.22. The Labute approximate surface area is 230 Å². The Hall–Kier alpha value is -4.40. The van der Waals surface area contributed by atoms with Crippen molar-refractivity contribution in [3.63, 3.8) is 0 Å². The van der Waals surface area contributed by atoms with Crippen molar-refractivity contribution >= 4 is 38.5 Å². The summed E-state index contributed by atoms with van der Waals surface area (Å²) in [6.45, 7) is 3.81. The summed E-state index contributed by atoms with van der Waals surface area (Å²) in [5, 5.41) is 9.25. The third-order valence-corrected chi connectivity index (χ3v) is 8.50. The van der Waals surface area contributed by atoms with Gasteiger partial charge in [-0.05, 0) is 59.7 Å². The standard InChI is InChI=1S/C30H23ClN2O5S/c1-2-28(22-12-15-29(32-19-22)38-26-6-4-3-5-7-26)39(36,37)33-25(18-23-17-24(31)13-14-27(23)33)16-20-8-10-21(11-9-20)30(34)35/h2-15,17-19,28H,1,16H2,(H,34,35). The second kappa shape index (κ2) is 10.8. The van der Waals surface area contributed by atoms with Crippen LogP contribution in [-0.4, -0.2) is 28.5 Å². The molecule has 39 heavy (non-hydrogen) atoms. The van der Waals surface area contributed by atoms with Crippen molar-refractivity contribution in [2.24, 2.45) is 0 Å². The Bertz CT molecular complexity index is 1760. The SMILES string of the molecule is C=CC(c1ccc(Oc2ccccc2)nc1)S(=O)(=O)n1c(Cc2ccc(C(=O)O)cc2)cc2cc(Cl)ccc21. The number of fused-ring (bicyclic) bond motifs is 1. The van der Waals surface area contributed by atoms with E-state index < -0.39 is 21.2 Å². The van der Waals surface area contributed by atoms with E-state index in [4.69, 9.17) is 16.3 Å². The summed E-state index contributed by atoms with van der Waals surface area (Å²) in [5.74, 6) is -0.0867. The summed E-state index contributed by atoms with van der Waals surface area (Å²) in [5.41, 5.74) is 2.31. The lowest BCUT2D eigenvalue weighted by Gasteiger charge is -2.19. The fourth-order valence-electron chi connectivity index (χ4n) is 4.39. The molecule has 7 nitrogen and oxygen atoms in total. The predicted octanol–water partition coefficient (Wildman–Crippen LogP) is 6.88. The van der Waals surface area contributed by atoms with E-state index in [1.165, 1.54) is 28.4 Å². The van der Waals surface area contributed by atoms with Crippen LogP contribution in [0.2, 0.25) is 5.02 Å². The molecule has 0 fully saturated rings. The molecule has 0 saturated heterocycles. The highest BCUT2D eigenvalue weighted by Gasteiger charge is 2.30. The van der Waals surface area contributed by atoms with Gasteiger partial charge in [0.2, 0.25) is 15.9 Å². The van der Waals surface area contributed by atoms with Crippen LogP contribution in [0.25, 0.3) is 10.9 Å². The summed E-state index contributed by atoms with van der Waals surface area (Å²) in [4.78, 5) is 15.6. The van der Waals surface area contributed by atoms with Crippen LogP contribution < -0.4 is 4.74 Å². The van der Waals surface area contributed by atoms with E-state index in [-0.39, 0.29) is 12.0 Å². The fourth-order valence-corrected chi connectivity index (χ4v) is 6.41. The van der Waals surface area contributed by atoms with Crippen molar-refractivity contribution in [2.45, 2.75) is 11.7 Å². The van der Waals surface area contributed by atoms with Crippen LogP contribution in [0.1, 0.15) is 32.4 Å². The highest BCUT2D eigenvalue weighted by molar-refractivity contribution is 7.90. The number of ether oxygens (including phenoxy) is 1. The zero-order chi connectivity index (χ0) is 27.6. The average Bonchev–Trinajstić information content (AvgIpc) is 3.28. The average molecular weight is 559 g/mol. The van der Waals surface area contributed by atoms with Gasteiger partial charge in [0, 0.05) is 34.8 Å². The highest BCUT2D eigenvalue weighted by Crippen LogP contribution is 2.33. The molecule has 9 heteroatoms. The molecule has 0 aliphatic heterocycles. The second-order valence-corrected chi connectivity index (χ2v) is 11.2. The van der Waals surface area contributed by atoms with Gasteiger partial charge in [-0.25, -0.2) is 22.2 Å². The van der Waals surface area contributed by atoms with E-state index >= 15 is 0 Å². The molecule has 1 N–H and O–H groups in total. The van der Waals surface area contributed by atoms with Crippen LogP contribution in [0.15, 0.2) is 110 Å². The van der Waals surface area contributed by atoms with Crippen LogP contribution >= 0.6 is 11.6 Å². The number of nitrogens with zero attached hydrogens (tertiary/aromatic N) is 2. The molecule has 0 saturated carbocycles. The maximum absolute atomic E-state index is 14.2. The number of aromatic nitrogens is 2. The maximum atomic E-state index is 14.2. The number of carboxylic acid groups (broad SMARTS) is 1. The molecule has 0 amide bonds. The van der Waals surface area contributed by atoms with Crippen molar-refractivity contribution in [3.8, 4) is 11.6 Å². The van der Waals surface area contributed by atoms with Crippen molar-refractivity contribution in [2.75, 3.05) is 0 Å². The van der Waals surface area contributed by atoms with Gasteiger partial charge >= 0.3 is 5.97 Å². The molecule has 196 valence electrons. The van der Waals surface area contributed by atoms with Gasteiger partial charge in [-0.1, -0.05) is 54.1 Å². The van der Waals surface area contributed by atoms with Crippen LogP contribution in [0.4, 0.5) is 0 Å². The smallest absolute Gasteiger partial charge is 0.335 e. The van der Waals surface area contributed by atoms with Gasteiger partial charge in [0.15, 0.2) is 0 Å². The fraction of sp³-hybridized carbons (Fsp3) is 0.0667. The Morgan fingerprint density at radius 2 is 1.77 bits per heavy atom. The number of rotatable bonds is 9. The van der Waals surface area contributed by atoms with E-state index in [2.05, 4.69) is 11.6 Å². The Morgan fingerprint density at radius 1 is 1.03 bits per heavy atom. The van der Waals surface area contributed by atoms with E-state index in [9.17, 15) is 18.3 Å². The van der Waals surface area contributed by atoms with Gasteiger partial charge in [0.1, 0.15) is 11.0 Å². The molecule has 5 rings (SSSR count). The van der Waals surface area contributed by atoms with Crippen LogP contribution in [0.3, 0.4) is 0 Å². The largest absolute Gasteiger partial charge is 0.478 e. The van der Waals surface area contributed by atoms with Crippen LogP contribution in [0, 0.1) is 0 Å². The predicted molar refractivity (Wildman–Crippen MR) is 151 cm³/mol. The topological polar surface area (TPSA) is 98.5 Å². The third kappa shape index (κ3) is 5.43. The molecule has 1 unspecified atom stereocenters. The Kier molecular flexibility index (Phi) is 7.24. The molecule has 0 radical (unpaired) electrons. The van der Waals surface area contributed by atoms with Gasteiger partial charge in [-0.2, -0.15) is 0 Å². The number of carbonyl (C=O) groups is 1. The van der Waals surface area contributed by atoms with Gasteiger partial charge < -0.3 is 9.84 Å². The summed E-state index contributed by atoms with van der Waals surface area (Å²) in [6.07, 6.45) is 3.09. The quantitative estimate of drug-likeness (QED) is 0.198. The molecule has 0 bridgehead atoms. The van der Waals surface area contributed by atoms with Crippen LogP contribution in [-0.2, 0) is 16.4 Å². The first-order valence-electron chi connectivity index (χ1n) is 11.9. The van der Waals surface area contributed by atoms with Gasteiger partial charge in [-0.3, -0.25) is 0 Å². The molecule has 0 spiro atoms. The number of aromatic carboxylic acids is 1. The van der Waals surface area contributed by atoms with Crippen molar-refractivity contribution < 1.29 is 23.1 Å². The molecule has 3 aromatic carbocycles. The van der Waals surface area contributed by atoms with E-state index in [0.717, 1.165) is 5.56 Å². The van der Waals surface area contributed by atoms with E-state index in [1.54, 1.807) is 60.7 Å². The Balaban J connectivity index is 1.53. The summed E-state index contributed by atoms with van der Waals surface area (Å²) < 4.78 is 35.4. The lowest BCUT2D eigenvalue weighted by atomic mass is 10.1. The zero-order valence-electron chi connectivity index (χ0n) is 20.6. The van der Waals surface area contributed by atoms with Gasteiger partial charge in [0.25, 0.3) is 0 Å². The number of para-hydroxylation sites is 1. The Morgan fingerprint density at radius 3 is 2.41 bits per heavy atom. The van der Waals surface area contributed by atoms with Crippen LogP contribution in [0.5, 0.6) is 11.6 Å². The highest BCUT2D eigenvalue weighted by atomic mass is 35.5. The summed E-state index contributed by atoms with van der Waals surface area (Å²) >= 11 is 6.21. The molecule has 0 aliphatic rings. The van der Waals surface area contributed by atoms with E-state index in [1.807, 2.05) is 18.2 Å². The molecule has 5 aromatic rings.